The molecule has 1 heterocycles. The summed E-state index contributed by atoms with van der Waals surface area (Å²) in [5.41, 5.74) is 1.86. The number of fused-ring (bicyclic) bond motifs is 1. The summed E-state index contributed by atoms with van der Waals surface area (Å²) < 4.78 is 5.42. The van der Waals surface area contributed by atoms with Crippen LogP contribution in [-0.2, 0) is 17.6 Å². The van der Waals surface area contributed by atoms with Gasteiger partial charge >= 0.3 is 6.09 Å². The highest BCUT2D eigenvalue weighted by Gasteiger charge is 2.25. The predicted octanol–water partition coefficient (Wildman–Crippen LogP) is 3.32. The van der Waals surface area contributed by atoms with Gasteiger partial charge in [-0.15, -0.1) is 0 Å². The van der Waals surface area contributed by atoms with Crippen LogP contribution in [0.4, 0.5) is 4.79 Å². The number of aromatic hydroxyl groups is 1. The van der Waals surface area contributed by atoms with Crippen LogP contribution >= 0.6 is 0 Å². The molecule has 126 valence electrons. The number of rotatable bonds is 2. The number of phenolic OH excluding ortho intramolecular Hbond substituents is 1. The molecule has 0 aliphatic carbocycles. The number of amides is 1. The molecule has 0 saturated heterocycles. The van der Waals surface area contributed by atoms with Crippen LogP contribution in [-0.4, -0.2) is 40.6 Å². The summed E-state index contributed by atoms with van der Waals surface area (Å²) in [7, 11) is 0. The second-order valence-corrected chi connectivity index (χ2v) is 6.88. The molecule has 1 amide bonds. The van der Waals surface area contributed by atoms with Gasteiger partial charge in [-0.1, -0.05) is 6.92 Å². The average Bonchev–Trinajstić information content (AvgIpc) is 2.66. The molecular weight excluding hydrogens is 294 g/mol. The van der Waals surface area contributed by atoms with Crippen molar-refractivity contribution in [2.75, 3.05) is 13.1 Å². The summed E-state index contributed by atoms with van der Waals surface area (Å²) in [4.78, 5) is 25.8. The molecule has 1 aliphatic heterocycles. The zero-order valence-corrected chi connectivity index (χ0v) is 14.3. The molecule has 2 rings (SSSR count). The van der Waals surface area contributed by atoms with E-state index in [1.54, 1.807) is 24.0 Å². The van der Waals surface area contributed by atoms with Crippen LogP contribution in [0.5, 0.6) is 5.75 Å². The van der Waals surface area contributed by atoms with Gasteiger partial charge in [-0.2, -0.15) is 0 Å². The van der Waals surface area contributed by atoms with Gasteiger partial charge in [0.2, 0.25) is 0 Å². The maximum absolute atomic E-state index is 12.2. The van der Waals surface area contributed by atoms with E-state index < -0.39 is 5.60 Å². The van der Waals surface area contributed by atoms with E-state index in [0.29, 0.717) is 37.9 Å². The van der Waals surface area contributed by atoms with Crippen molar-refractivity contribution in [2.45, 2.75) is 52.6 Å². The molecule has 1 N–H and O–H groups in total. The lowest BCUT2D eigenvalue weighted by Crippen LogP contribution is -2.38. The lowest BCUT2D eigenvalue weighted by molar-refractivity contribution is 0.0258. The van der Waals surface area contributed by atoms with Crippen molar-refractivity contribution in [3.63, 3.8) is 0 Å². The maximum Gasteiger partial charge on any atom is 0.410 e. The minimum Gasteiger partial charge on any atom is -0.507 e. The van der Waals surface area contributed by atoms with Crippen LogP contribution in [0.1, 0.15) is 55.6 Å². The third kappa shape index (κ3) is 4.24. The van der Waals surface area contributed by atoms with E-state index in [2.05, 4.69) is 0 Å². The second-order valence-electron chi connectivity index (χ2n) is 6.88. The Morgan fingerprint density at radius 3 is 2.26 bits per heavy atom. The van der Waals surface area contributed by atoms with Gasteiger partial charge in [-0.3, -0.25) is 4.79 Å². The summed E-state index contributed by atoms with van der Waals surface area (Å²) >= 11 is 0. The lowest BCUT2D eigenvalue weighted by Gasteiger charge is -2.26. The van der Waals surface area contributed by atoms with E-state index in [9.17, 15) is 14.7 Å². The van der Waals surface area contributed by atoms with Crippen molar-refractivity contribution >= 4 is 11.9 Å². The largest absolute Gasteiger partial charge is 0.507 e. The van der Waals surface area contributed by atoms with Crippen LogP contribution in [0, 0.1) is 0 Å². The molecule has 0 saturated carbocycles. The molecule has 23 heavy (non-hydrogen) atoms. The van der Waals surface area contributed by atoms with E-state index >= 15 is 0 Å². The highest BCUT2D eigenvalue weighted by molar-refractivity contribution is 5.98. The Balaban J connectivity index is 2.17. The summed E-state index contributed by atoms with van der Waals surface area (Å²) in [5.74, 6) is -0.0418. The van der Waals surface area contributed by atoms with Gasteiger partial charge in [0.1, 0.15) is 11.4 Å². The van der Waals surface area contributed by atoms with Crippen molar-refractivity contribution in [3.05, 3.63) is 28.8 Å². The zero-order chi connectivity index (χ0) is 17.2. The van der Waals surface area contributed by atoms with E-state index in [4.69, 9.17) is 4.74 Å². The van der Waals surface area contributed by atoms with Gasteiger partial charge in [0.25, 0.3) is 0 Å². The fourth-order valence-corrected chi connectivity index (χ4v) is 2.69. The molecule has 0 radical (unpaired) electrons. The van der Waals surface area contributed by atoms with Gasteiger partial charge in [-0.25, -0.2) is 4.79 Å². The van der Waals surface area contributed by atoms with Crippen molar-refractivity contribution in [1.29, 1.82) is 0 Å². The topological polar surface area (TPSA) is 66.8 Å². The monoisotopic (exact) mass is 319 g/mol. The summed E-state index contributed by atoms with van der Waals surface area (Å²) in [6.07, 6.45) is 1.33. The van der Waals surface area contributed by atoms with Gasteiger partial charge in [0.05, 0.1) is 5.56 Å². The first kappa shape index (κ1) is 17.3. The molecule has 1 aromatic rings. The number of hydrogen-bond donors (Lipinski definition) is 1. The van der Waals surface area contributed by atoms with Gasteiger partial charge < -0.3 is 14.7 Å². The Morgan fingerprint density at radius 2 is 1.74 bits per heavy atom. The normalized spacial score (nSPS) is 14.9. The first-order chi connectivity index (χ1) is 10.7. The first-order valence-electron chi connectivity index (χ1n) is 8.07. The smallest absolute Gasteiger partial charge is 0.410 e. The quantitative estimate of drug-likeness (QED) is 0.849. The molecule has 1 aromatic carbocycles. The summed E-state index contributed by atoms with van der Waals surface area (Å²) in [6, 6.07) is 3.44. The van der Waals surface area contributed by atoms with E-state index in [0.717, 1.165) is 11.1 Å². The minimum absolute atomic E-state index is 0.0290. The predicted molar refractivity (Wildman–Crippen MR) is 87.9 cm³/mol. The number of ketones is 1. The van der Waals surface area contributed by atoms with E-state index in [1.807, 2.05) is 20.8 Å². The van der Waals surface area contributed by atoms with Crippen LogP contribution in [0.15, 0.2) is 12.1 Å². The molecular formula is C18H25NO4. The zero-order valence-electron chi connectivity index (χ0n) is 14.3. The molecule has 0 atom stereocenters. The third-order valence-electron chi connectivity index (χ3n) is 3.89. The highest BCUT2D eigenvalue weighted by Crippen LogP contribution is 2.27. The fraction of sp³-hybridized carbons (Fsp3) is 0.556. The molecule has 0 spiro atoms. The van der Waals surface area contributed by atoms with Gasteiger partial charge in [0.15, 0.2) is 5.78 Å². The van der Waals surface area contributed by atoms with Crippen LogP contribution in [0.25, 0.3) is 0 Å². The number of hydrogen-bond acceptors (Lipinski definition) is 4. The minimum atomic E-state index is -0.519. The average molecular weight is 319 g/mol. The number of ether oxygens (including phenoxy) is 1. The molecule has 5 heteroatoms. The Labute approximate surface area is 137 Å². The number of carbonyl (C=O) groups is 2. The fourth-order valence-electron chi connectivity index (χ4n) is 2.69. The van der Waals surface area contributed by atoms with Gasteiger partial charge in [-0.05, 0) is 56.9 Å². The second kappa shape index (κ2) is 6.60. The molecule has 0 bridgehead atoms. The number of carbonyl (C=O) groups excluding carboxylic acids is 2. The number of phenols is 1. The van der Waals surface area contributed by atoms with Crippen LogP contribution in [0.3, 0.4) is 0 Å². The molecule has 5 nitrogen and oxygen atoms in total. The lowest BCUT2D eigenvalue weighted by atomic mass is 9.96. The SMILES string of the molecule is CCC(=O)c1cc2c(cc1O)CCN(C(=O)OC(C)(C)C)CC2. The summed E-state index contributed by atoms with van der Waals surface area (Å²) in [5, 5.41) is 10.1. The number of benzene rings is 1. The Bertz CT molecular complexity index is 616. The van der Waals surface area contributed by atoms with Gasteiger partial charge in [0, 0.05) is 19.5 Å². The molecule has 0 fully saturated rings. The van der Waals surface area contributed by atoms with Crippen molar-refractivity contribution in [3.8, 4) is 5.75 Å². The standard InChI is InChI=1S/C18H25NO4/c1-5-15(20)14-10-12-6-8-19(17(22)23-18(2,3)4)9-7-13(12)11-16(14)21/h10-11,21H,5-9H2,1-4H3. The van der Waals surface area contributed by atoms with Crippen LogP contribution < -0.4 is 0 Å². The maximum atomic E-state index is 12.2. The first-order valence-corrected chi connectivity index (χ1v) is 8.07. The number of nitrogens with zero attached hydrogens (tertiary/aromatic N) is 1. The van der Waals surface area contributed by atoms with Crippen molar-refractivity contribution in [1.82, 2.24) is 4.90 Å². The van der Waals surface area contributed by atoms with E-state index in [-0.39, 0.29) is 17.6 Å². The third-order valence-corrected chi connectivity index (χ3v) is 3.89. The van der Waals surface area contributed by atoms with Crippen molar-refractivity contribution in [2.24, 2.45) is 0 Å². The Morgan fingerprint density at radius 1 is 1.17 bits per heavy atom. The highest BCUT2D eigenvalue weighted by atomic mass is 16.6. The Kier molecular flexibility index (Phi) is 4.97. The molecule has 0 unspecified atom stereocenters. The molecule has 1 aliphatic rings. The summed E-state index contributed by atoms with van der Waals surface area (Å²) in [6.45, 7) is 8.40. The van der Waals surface area contributed by atoms with Crippen molar-refractivity contribution < 1.29 is 19.4 Å². The van der Waals surface area contributed by atoms with Crippen LogP contribution in [0.2, 0.25) is 0 Å². The van der Waals surface area contributed by atoms with E-state index in [1.165, 1.54) is 0 Å². The molecule has 0 aromatic heterocycles. The Hall–Kier alpha value is -2.04. The number of Topliss-reactive ketones (excluding diaryl/α,β-unsaturated/α-hetero) is 1.